The first-order valence-corrected chi connectivity index (χ1v) is 7.77. The van der Waals surface area contributed by atoms with Crippen LogP contribution in [0.4, 0.5) is 0 Å². The molecule has 0 radical (unpaired) electrons. The number of hydrogen-bond acceptors (Lipinski definition) is 3. The summed E-state index contributed by atoms with van der Waals surface area (Å²) in [5.74, 6) is 0.687. The molecule has 116 valence electrons. The van der Waals surface area contributed by atoms with Gasteiger partial charge in [-0.15, -0.1) is 0 Å². The van der Waals surface area contributed by atoms with Gasteiger partial charge < -0.3 is 4.74 Å². The van der Waals surface area contributed by atoms with E-state index < -0.39 is 0 Å². The molecule has 21 heavy (non-hydrogen) atoms. The van der Waals surface area contributed by atoms with Crippen LogP contribution in [0.5, 0.6) is 0 Å². The molecule has 0 N–H and O–H groups in total. The molecular weight excluding hydrogens is 260 g/mol. The zero-order chi connectivity index (χ0) is 15.7. The highest BCUT2D eigenvalue weighted by Gasteiger charge is 2.11. The Hall–Kier alpha value is -1.61. The molecular formula is C18H28N2O. The number of allylic oxidation sites excluding steroid dienone is 4. The number of ether oxygens (including phenoxy) is 1. The molecule has 0 aromatic rings. The van der Waals surface area contributed by atoms with E-state index in [2.05, 4.69) is 55.5 Å². The predicted molar refractivity (Wildman–Crippen MR) is 91.6 cm³/mol. The molecule has 0 saturated carbocycles. The van der Waals surface area contributed by atoms with Crippen molar-refractivity contribution in [3.05, 3.63) is 47.7 Å². The van der Waals surface area contributed by atoms with Gasteiger partial charge in [0.15, 0.2) is 0 Å². The van der Waals surface area contributed by atoms with Gasteiger partial charge >= 0.3 is 0 Å². The van der Waals surface area contributed by atoms with Crippen molar-refractivity contribution in [3.8, 4) is 0 Å². The Morgan fingerprint density at radius 1 is 1.29 bits per heavy atom. The molecule has 0 unspecified atom stereocenters. The van der Waals surface area contributed by atoms with Gasteiger partial charge in [-0.1, -0.05) is 44.2 Å². The van der Waals surface area contributed by atoms with Crippen molar-refractivity contribution in [2.24, 2.45) is 4.99 Å². The molecule has 0 atom stereocenters. The Balaban J connectivity index is 2.95. The zero-order valence-corrected chi connectivity index (χ0v) is 13.9. The molecule has 0 spiro atoms. The summed E-state index contributed by atoms with van der Waals surface area (Å²) in [7, 11) is 0. The number of aliphatic imine (C=N–C) groups is 1. The van der Waals surface area contributed by atoms with Gasteiger partial charge in [-0.25, -0.2) is 4.99 Å². The van der Waals surface area contributed by atoms with Gasteiger partial charge in [0.25, 0.3) is 0 Å². The highest BCUT2D eigenvalue weighted by atomic mass is 16.5. The summed E-state index contributed by atoms with van der Waals surface area (Å²) < 4.78 is 5.76. The molecule has 0 saturated heterocycles. The van der Waals surface area contributed by atoms with E-state index in [1.54, 1.807) is 0 Å². The van der Waals surface area contributed by atoms with E-state index in [9.17, 15) is 0 Å². The largest absolute Gasteiger partial charge is 0.478 e. The van der Waals surface area contributed by atoms with E-state index in [0.717, 1.165) is 37.3 Å². The maximum Gasteiger partial charge on any atom is 0.220 e. The summed E-state index contributed by atoms with van der Waals surface area (Å²) in [5, 5.41) is 0. The molecule has 3 heteroatoms. The lowest BCUT2D eigenvalue weighted by Crippen LogP contribution is -2.25. The second-order valence-electron chi connectivity index (χ2n) is 5.06. The average Bonchev–Trinajstić information content (AvgIpc) is 2.69. The standard InChI is InChI=1S/C18H28N2O/c1-6-20(7-2)14-16(5)19-18(21-8-3)17-13-11-9-10-12-15(17)4/h9-11,13H,5-8,12,14H2,1-4H3/b19-18-. The van der Waals surface area contributed by atoms with Crippen LogP contribution in [0, 0.1) is 0 Å². The van der Waals surface area contributed by atoms with E-state index in [1.165, 1.54) is 5.57 Å². The Bertz CT molecular complexity index is 466. The minimum Gasteiger partial charge on any atom is -0.478 e. The van der Waals surface area contributed by atoms with Gasteiger partial charge in [0.05, 0.1) is 12.3 Å². The second kappa shape index (κ2) is 9.35. The predicted octanol–water partition coefficient (Wildman–Crippen LogP) is 4.11. The third-order valence-electron chi connectivity index (χ3n) is 3.47. The van der Waals surface area contributed by atoms with Gasteiger partial charge in [-0.05, 0) is 39.4 Å². The monoisotopic (exact) mass is 288 g/mol. The van der Waals surface area contributed by atoms with Crippen LogP contribution >= 0.6 is 0 Å². The second-order valence-corrected chi connectivity index (χ2v) is 5.06. The molecule has 1 aliphatic carbocycles. The fraction of sp³-hybridized carbons (Fsp3) is 0.500. The van der Waals surface area contributed by atoms with E-state index in [4.69, 9.17) is 4.74 Å². The Morgan fingerprint density at radius 3 is 2.62 bits per heavy atom. The number of hydrogen-bond donors (Lipinski definition) is 0. The first-order valence-electron chi connectivity index (χ1n) is 7.77. The third kappa shape index (κ3) is 5.72. The summed E-state index contributed by atoms with van der Waals surface area (Å²) in [6.45, 7) is 15.9. The normalized spacial score (nSPS) is 15.6. The quantitative estimate of drug-likeness (QED) is 0.520. The van der Waals surface area contributed by atoms with Crippen LogP contribution in [-0.2, 0) is 4.74 Å². The van der Waals surface area contributed by atoms with Crippen molar-refractivity contribution in [1.82, 2.24) is 4.90 Å². The fourth-order valence-electron chi connectivity index (χ4n) is 2.17. The summed E-state index contributed by atoms with van der Waals surface area (Å²) >= 11 is 0. The molecule has 0 aliphatic heterocycles. The Morgan fingerprint density at radius 2 is 2.00 bits per heavy atom. The lowest BCUT2D eigenvalue weighted by atomic mass is 10.1. The Labute approximate surface area is 129 Å². The van der Waals surface area contributed by atoms with Crippen LogP contribution in [0.2, 0.25) is 0 Å². The number of rotatable bonds is 7. The van der Waals surface area contributed by atoms with Crippen molar-refractivity contribution >= 4 is 5.90 Å². The molecule has 3 nitrogen and oxygen atoms in total. The third-order valence-corrected chi connectivity index (χ3v) is 3.47. The summed E-state index contributed by atoms with van der Waals surface area (Å²) in [6, 6.07) is 0. The van der Waals surface area contributed by atoms with E-state index in [0.29, 0.717) is 12.5 Å². The summed E-state index contributed by atoms with van der Waals surface area (Å²) in [6.07, 6.45) is 9.24. The topological polar surface area (TPSA) is 24.8 Å². The van der Waals surface area contributed by atoms with Crippen molar-refractivity contribution in [2.45, 2.75) is 34.1 Å². The van der Waals surface area contributed by atoms with E-state index in [-0.39, 0.29) is 0 Å². The summed E-state index contributed by atoms with van der Waals surface area (Å²) in [4.78, 5) is 6.93. The van der Waals surface area contributed by atoms with E-state index in [1.807, 2.05) is 13.0 Å². The molecule has 0 bridgehead atoms. The molecule has 0 aromatic heterocycles. The molecule has 1 aliphatic rings. The van der Waals surface area contributed by atoms with Crippen molar-refractivity contribution in [1.29, 1.82) is 0 Å². The first kappa shape index (κ1) is 17.4. The van der Waals surface area contributed by atoms with Crippen LogP contribution in [0.15, 0.2) is 52.7 Å². The minimum atomic E-state index is 0.607. The summed E-state index contributed by atoms with van der Waals surface area (Å²) in [5.41, 5.74) is 3.18. The zero-order valence-electron chi connectivity index (χ0n) is 13.9. The van der Waals surface area contributed by atoms with Crippen molar-refractivity contribution in [3.63, 3.8) is 0 Å². The van der Waals surface area contributed by atoms with Gasteiger partial charge in [-0.2, -0.15) is 0 Å². The van der Waals surface area contributed by atoms with Crippen LogP contribution in [0.1, 0.15) is 34.1 Å². The Kier molecular flexibility index (Phi) is 7.76. The highest BCUT2D eigenvalue weighted by molar-refractivity contribution is 5.97. The van der Waals surface area contributed by atoms with Gasteiger partial charge in [-0.3, -0.25) is 4.90 Å². The van der Waals surface area contributed by atoms with Gasteiger partial charge in [0, 0.05) is 12.1 Å². The van der Waals surface area contributed by atoms with E-state index >= 15 is 0 Å². The number of likely N-dealkylation sites (N-methyl/N-ethyl adjacent to an activating group) is 1. The maximum atomic E-state index is 5.76. The minimum absolute atomic E-state index is 0.607. The van der Waals surface area contributed by atoms with Crippen LogP contribution < -0.4 is 0 Å². The number of nitrogens with zero attached hydrogens (tertiary/aromatic N) is 2. The molecule has 0 fully saturated rings. The maximum absolute atomic E-state index is 5.76. The highest BCUT2D eigenvalue weighted by Crippen LogP contribution is 2.17. The molecule has 1 rings (SSSR count). The van der Waals surface area contributed by atoms with Crippen molar-refractivity contribution < 1.29 is 4.74 Å². The molecule has 0 aromatic carbocycles. The van der Waals surface area contributed by atoms with Crippen LogP contribution in [-0.4, -0.2) is 37.0 Å². The van der Waals surface area contributed by atoms with Gasteiger partial charge in [0.1, 0.15) is 0 Å². The lowest BCUT2D eigenvalue weighted by molar-refractivity contribution is 0.319. The van der Waals surface area contributed by atoms with Crippen LogP contribution in [0.3, 0.4) is 0 Å². The average molecular weight is 288 g/mol. The van der Waals surface area contributed by atoms with Gasteiger partial charge in [0.2, 0.25) is 5.90 Å². The van der Waals surface area contributed by atoms with Crippen molar-refractivity contribution in [2.75, 3.05) is 26.2 Å². The smallest absolute Gasteiger partial charge is 0.220 e. The first-order chi connectivity index (χ1) is 10.1. The SMILES string of the molecule is C=C(CN(CC)CC)/N=C(\OCC)C1=C(C)CC=CC=C1. The molecule has 0 heterocycles. The fourth-order valence-corrected chi connectivity index (χ4v) is 2.17. The molecule has 0 amide bonds. The van der Waals surface area contributed by atoms with Crippen LogP contribution in [0.25, 0.3) is 0 Å². The lowest BCUT2D eigenvalue weighted by Gasteiger charge is -2.18.